The minimum Gasteiger partial charge on any atom is -0.508 e. The fourth-order valence-corrected chi connectivity index (χ4v) is 4.62. The number of phenols is 1. The summed E-state index contributed by atoms with van der Waals surface area (Å²) in [5.41, 5.74) is 4.23. The highest BCUT2D eigenvalue weighted by Crippen LogP contribution is 2.39. The van der Waals surface area contributed by atoms with Gasteiger partial charge in [-0.25, -0.2) is 0 Å². The molecule has 210 valence electrons. The van der Waals surface area contributed by atoms with Crippen molar-refractivity contribution in [3.8, 4) is 46.0 Å². The lowest BCUT2D eigenvalue weighted by atomic mass is 10.0. The Kier molecular flexibility index (Phi) is 9.62. The van der Waals surface area contributed by atoms with Gasteiger partial charge in [-0.2, -0.15) is 0 Å². The second-order valence-electron chi connectivity index (χ2n) is 9.34. The van der Waals surface area contributed by atoms with Gasteiger partial charge in [-0.15, -0.1) is 0 Å². The SMILES string of the molecule is COc1cccc(CCc2cc(OC)cc(Oc3cc(O)cc(CCc4cc(OC)c(OC)c(OC)c4)c3)c2)c1. The van der Waals surface area contributed by atoms with Gasteiger partial charge in [0.25, 0.3) is 0 Å². The first-order chi connectivity index (χ1) is 19.4. The molecule has 0 saturated carbocycles. The van der Waals surface area contributed by atoms with E-state index in [1.54, 1.807) is 47.7 Å². The van der Waals surface area contributed by atoms with Crippen LogP contribution in [0.2, 0.25) is 0 Å². The molecule has 0 fully saturated rings. The minimum absolute atomic E-state index is 0.138. The molecule has 4 rings (SSSR count). The third-order valence-corrected chi connectivity index (χ3v) is 6.63. The van der Waals surface area contributed by atoms with Crippen molar-refractivity contribution in [2.24, 2.45) is 0 Å². The van der Waals surface area contributed by atoms with Crippen molar-refractivity contribution in [2.45, 2.75) is 25.7 Å². The van der Waals surface area contributed by atoms with Crippen LogP contribution >= 0.6 is 0 Å². The molecule has 0 aliphatic carbocycles. The smallest absolute Gasteiger partial charge is 0.203 e. The molecule has 7 heteroatoms. The molecule has 0 atom stereocenters. The van der Waals surface area contributed by atoms with Gasteiger partial charge >= 0.3 is 0 Å². The number of hydrogen-bond donors (Lipinski definition) is 1. The summed E-state index contributed by atoms with van der Waals surface area (Å²) < 4.78 is 33.5. The van der Waals surface area contributed by atoms with Gasteiger partial charge in [0.15, 0.2) is 11.5 Å². The molecule has 4 aromatic carbocycles. The maximum absolute atomic E-state index is 10.4. The number of ether oxygens (including phenoxy) is 6. The average molecular weight is 545 g/mol. The monoisotopic (exact) mass is 544 g/mol. The van der Waals surface area contributed by atoms with Gasteiger partial charge in [0.05, 0.1) is 35.5 Å². The molecule has 0 aliphatic heterocycles. The molecule has 0 unspecified atom stereocenters. The van der Waals surface area contributed by atoms with Crippen LogP contribution in [0.15, 0.2) is 72.8 Å². The Balaban J connectivity index is 1.49. The Bertz CT molecular complexity index is 1410. The van der Waals surface area contributed by atoms with E-state index < -0.39 is 0 Å². The zero-order valence-corrected chi connectivity index (χ0v) is 23.7. The Morgan fingerprint density at radius 2 is 1.00 bits per heavy atom. The fraction of sp³-hybridized carbons (Fsp3) is 0.273. The Morgan fingerprint density at radius 1 is 0.475 bits per heavy atom. The summed E-state index contributed by atoms with van der Waals surface area (Å²) in [6.45, 7) is 0. The summed E-state index contributed by atoms with van der Waals surface area (Å²) in [5, 5.41) is 10.4. The Hall–Kier alpha value is -4.52. The van der Waals surface area contributed by atoms with Crippen LogP contribution in [0.3, 0.4) is 0 Å². The van der Waals surface area contributed by atoms with Crippen LogP contribution in [0.4, 0.5) is 0 Å². The lowest BCUT2D eigenvalue weighted by Gasteiger charge is -2.14. The number of rotatable bonds is 13. The highest BCUT2D eigenvalue weighted by atomic mass is 16.5. The largest absolute Gasteiger partial charge is 0.508 e. The van der Waals surface area contributed by atoms with Gasteiger partial charge in [-0.1, -0.05) is 12.1 Å². The fourth-order valence-electron chi connectivity index (χ4n) is 4.62. The molecule has 0 aliphatic rings. The number of aromatic hydroxyl groups is 1. The molecule has 0 saturated heterocycles. The van der Waals surface area contributed by atoms with Crippen LogP contribution in [0.25, 0.3) is 0 Å². The third-order valence-electron chi connectivity index (χ3n) is 6.63. The lowest BCUT2D eigenvalue weighted by Crippen LogP contribution is -1.99. The molecule has 40 heavy (non-hydrogen) atoms. The van der Waals surface area contributed by atoms with Crippen molar-refractivity contribution in [2.75, 3.05) is 35.5 Å². The maximum Gasteiger partial charge on any atom is 0.203 e. The summed E-state index contributed by atoms with van der Waals surface area (Å²) in [4.78, 5) is 0. The first kappa shape index (κ1) is 28.5. The van der Waals surface area contributed by atoms with Crippen LogP contribution in [-0.2, 0) is 25.7 Å². The zero-order chi connectivity index (χ0) is 28.5. The van der Waals surface area contributed by atoms with E-state index in [2.05, 4.69) is 6.07 Å². The van der Waals surface area contributed by atoms with E-state index in [0.29, 0.717) is 47.3 Å². The topological polar surface area (TPSA) is 75.6 Å². The van der Waals surface area contributed by atoms with Gasteiger partial charge in [0, 0.05) is 12.1 Å². The van der Waals surface area contributed by atoms with Crippen LogP contribution in [0, 0.1) is 0 Å². The van der Waals surface area contributed by atoms with Gasteiger partial charge in [-0.3, -0.25) is 0 Å². The lowest BCUT2D eigenvalue weighted by molar-refractivity contribution is 0.324. The molecule has 0 radical (unpaired) electrons. The molecule has 0 heterocycles. The summed E-state index contributed by atoms with van der Waals surface area (Å²) >= 11 is 0. The predicted molar refractivity (Wildman–Crippen MR) is 155 cm³/mol. The van der Waals surface area contributed by atoms with E-state index in [4.69, 9.17) is 28.4 Å². The number of aryl methyl sites for hydroxylation is 4. The first-order valence-electron chi connectivity index (χ1n) is 13.0. The second kappa shape index (κ2) is 13.5. The van der Waals surface area contributed by atoms with Gasteiger partial charge in [0.2, 0.25) is 5.75 Å². The molecule has 0 amide bonds. The van der Waals surface area contributed by atoms with E-state index in [1.165, 1.54) is 5.56 Å². The van der Waals surface area contributed by atoms with Crippen molar-refractivity contribution in [1.82, 2.24) is 0 Å². The van der Waals surface area contributed by atoms with Crippen molar-refractivity contribution >= 4 is 0 Å². The molecule has 0 aromatic heterocycles. The van der Waals surface area contributed by atoms with E-state index >= 15 is 0 Å². The standard InChI is InChI=1S/C33H36O7/c1-35-27-8-6-7-22(14-27)9-10-24-15-28(36-2)21-30(17-24)40-29-16-23(13-26(34)20-29)11-12-25-18-31(37-3)33(39-5)32(19-25)38-4/h6-8,13-21,34H,9-12H2,1-5H3. The van der Waals surface area contributed by atoms with Crippen LogP contribution < -0.4 is 28.4 Å². The van der Waals surface area contributed by atoms with E-state index in [9.17, 15) is 5.11 Å². The molecule has 0 spiro atoms. The summed E-state index contributed by atoms with van der Waals surface area (Å²) in [7, 11) is 8.09. The number of benzene rings is 4. The van der Waals surface area contributed by atoms with Crippen molar-refractivity contribution < 1.29 is 33.5 Å². The predicted octanol–water partition coefficient (Wildman–Crippen LogP) is 6.80. The molecule has 0 bridgehead atoms. The highest BCUT2D eigenvalue weighted by molar-refractivity contribution is 5.54. The van der Waals surface area contributed by atoms with Crippen molar-refractivity contribution in [3.63, 3.8) is 0 Å². The van der Waals surface area contributed by atoms with E-state index in [-0.39, 0.29) is 5.75 Å². The van der Waals surface area contributed by atoms with Gasteiger partial charge in [-0.05, 0) is 96.5 Å². The zero-order valence-electron chi connectivity index (χ0n) is 23.7. The third kappa shape index (κ3) is 7.32. The summed E-state index contributed by atoms with van der Waals surface area (Å²) in [5.74, 6) is 4.65. The van der Waals surface area contributed by atoms with Crippen molar-refractivity contribution in [3.05, 3.63) is 95.1 Å². The maximum atomic E-state index is 10.4. The highest BCUT2D eigenvalue weighted by Gasteiger charge is 2.14. The van der Waals surface area contributed by atoms with E-state index in [1.807, 2.05) is 54.6 Å². The van der Waals surface area contributed by atoms with Crippen LogP contribution in [0.5, 0.6) is 46.0 Å². The number of hydrogen-bond acceptors (Lipinski definition) is 7. The van der Waals surface area contributed by atoms with Crippen LogP contribution in [0.1, 0.15) is 22.3 Å². The second-order valence-corrected chi connectivity index (χ2v) is 9.34. The normalized spacial score (nSPS) is 10.6. The van der Waals surface area contributed by atoms with Gasteiger partial charge < -0.3 is 33.5 Å². The molecular weight excluding hydrogens is 508 g/mol. The summed E-state index contributed by atoms with van der Waals surface area (Å²) in [6.07, 6.45) is 3.03. The average Bonchev–Trinajstić information content (AvgIpc) is 2.98. The number of phenolic OH excluding ortho intramolecular Hbond substituents is 1. The Labute approximate surface area is 235 Å². The minimum atomic E-state index is 0.138. The Morgan fingerprint density at radius 3 is 1.60 bits per heavy atom. The number of methoxy groups -OCH3 is 5. The molecule has 4 aromatic rings. The van der Waals surface area contributed by atoms with E-state index in [0.717, 1.165) is 35.3 Å². The molecule has 7 nitrogen and oxygen atoms in total. The van der Waals surface area contributed by atoms with Gasteiger partial charge in [0.1, 0.15) is 28.7 Å². The quantitative estimate of drug-likeness (QED) is 0.198. The molecular formula is C33H36O7. The summed E-state index contributed by atoms with van der Waals surface area (Å²) in [6, 6.07) is 23.1. The van der Waals surface area contributed by atoms with Crippen LogP contribution in [-0.4, -0.2) is 40.7 Å². The van der Waals surface area contributed by atoms with Crippen molar-refractivity contribution in [1.29, 1.82) is 0 Å². The molecule has 1 N–H and O–H groups in total. The first-order valence-corrected chi connectivity index (χ1v) is 13.0.